The lowest BCUT2D eigenvalue weighted by atomic mass is 10.00. The summed E-state index contributed by atoms with van der Waals surface area (Å²) in [5.41, 5.74) is 3.12. The number of ether oxygens (including phenoxy) is 1. The van der Waals surface area contributed by atoms with Gasteiger partial charge in [-0.25, -0.2) is 4.79 Å². The molecule has 3 aromatic rings. The predicted molar refractivity (Wildman–Crippen MR) is 93.4 cm³/mol. The summed E-state index contributed by atoms with van der Waals surface area (Å²) in [5.74, 6) is -0.0990. The number of carbonyl (C=O) groups excluding carboxylic acids is 1. The van der Waals surface area contributed by atoms with E-state index < -0.39 is 5.97 Å². The predicted octanol–water partition coefficient (Wildman–Crippen LogP) is 3.74. The van der Waals surface area contributed by atoms with E-state index in [4.69, 9.17) is 4.42 Å². The Bertz CT molecular complexity index is 1090. The van der Waals surface area contributed by atoms with E-state index >= 15 is 0 Å². The van der Waals surface area contributed by atoms with Crippen molar-refractivity contribution in [3.8, 4) is 17.4 Å². The number of fused-ring (bicyclic) bond motifs is 1. The molecule has 0 spiro atoms. The minimum Gasteiger partial charge on any atom is -0.465 e. The van der Waals surface area contributed by atoms with Crippen LogP contribution in [0.1, 0.15) is 27.0 Å². The van der Waals surface area contributed by atoms with E-state index in [0.717, 1.165) is 11.1 Å². The molecule has 124 valence electrons. The highest BCUT2D eigenvalue weighted by Gasteiger charge is 2.15. The topological polar surface area (TPSA) is 80.3 Å². The molecule has 5 nitrogen and oxygen atoms in total. The second kappa shape index (κ2) is 6.25. The fourth-order valence-corrected chi connectivity index (χ4v) is 2.68. The summed E-state index contributed by atoms with van der Waals surface area (Å²) in [6.07, 6.45) is 0. The molecule has 0 amide bonds. The van der Waals surface area contributed by atoms with Crippen molar-refractivity contribution < 1.29 is 13.9 Å². The average Bonchev–Trinajstić information content (AvgIpc) is 2.63. The molecule has 0 saturated carbocycles. The second-order valence-electron chi connectivity index (χ2n) is 5.73. The molecule has 0 atom stereocenters. The number of aryl methyl sites for hydroxylation is 1. The lowest BCUT2D eigenvalue weighted by Crippen LogP contribution is -2.04. The van der Waals surface area contributed by atoms with Gasteiger partial charge in [-0.15, -0.1) is 0 Å². The molecule has 3 rings (SSSR count). The molecule has 0 aliphatic carbocycles. The first-order valence-electron chi connectivity index (χ1n) is 7.63. The Morgan fingerprint density at radius 3 is 2.44 bits per heavy atom. The highest BCUT2D eigenvalue weighted by Crippen LogP contribution is 2.27. The summed E-state index contributed by atoms with van der Waals surface area (Å²) in [6, 6.07) is 11.8. The molecule has 5 heteroatoms. The number of nitrogens with zero attached hydrogens (tertiary/aromatic N) is 1. The van der Waals surface area contributed by atoms with Crippen LogP contribution < -0.4 is 5.43 Å². The van der Waals surface area contributed by atoms with Gasteiger partial charge in [0, 0.05) is 11.6 Å². The van der Waals surface area contributed by atoms with E-state index in [9.17, 15) is 14.9 Å². The van der Waals surface area contributed by atoms with Crippen molar-refractivity contribution >= 4 is 16.9 Å². The smallest absolute Gasteiger partial charge is 0.337 e. The Labute approximate surface area is 144 Å². The van der Waals surface area contributed by atoms with Crippen molar-refractivity contribution in [2.75, 3.05) is 7.11 Å². The molecule has 0 aliphatic heterocycles. The van der Waals surface area contributed by atoms with Crippen LogP contribution in [0.2, 0.25) is 0 Å². The lowest BCUT2D eigenvalue weighted by Gasteiger charge is -2.09. The molecule has 0 saturated heterocycles. The standard InChI is InChI=1S/C20H15NO4/c1-11-8-15-17(22)9-18(25-19(15)16(10-21)12(11)2)13-4-6-14(7-5-13)20(23)24-3/h4-9H,1-3H3. The Morgan fingerprint density at radius 1 is 1.16 bits per heavy atom. The quantitative estimate of drug-likeness (QED) is 0.667. The third-order valence-corrected chi connectivity index (χ3v) is 4.24. The summed E-state index contributed by atoms with van der Waals surface area (Å²) >= 11 is 0. The van der Waals surface area contributed by atoms with Crippen molar-refractivity contribution in [3.63, 3.8) is 0 Å². The molecular formula is C20H15NO4. The monoisotopic (exact) mass is 333 g/mol. The molecule has 0 aliphatic rings. The van der Waals surface area contributed by atoms with Crippen LogP contribution in [0.15, 0.2) is 45.6 Å². The van der Waals surface area contributed by atoms with Crippen LogP contribution in [-0.2, 0) is 4.74 Å². The number of methoxy groups -OCH3 is 1. The average molecular weight is 333 g/mol. The van der Waals surface area contributed by atoms with Gasteiger partial charge in [0.05, 0.1) is 23.6 Å². The maximum Gasteiger partial charge on any atom is 0.337 e. The fraction of sp³-hybridized carbons (Fsp3) is 0.150. The van der Waals surface area contributed by atoms with Crippen molar-refractivity contribution in [1.82, 2.24) is 0 Å². The molecule has 0 unspecified atom stereocenters. The SMILES string of the molecule is COC(=O)c1ccc(-c2cc(=O)c3cc(C)c(C)c(C#N)c3o2)cc1. The van der Waals surface area contributed by atoms with Gasteiger partial charge in [-0.2, -0.15) is 5.26 Å². The Morgan fingerprint density at radius 2 is 1.84 bits per heavy atom. The summed E-state index contributed by atoms with van der Waals surface area (Å²) in [5, 5.41) is 9.84. The number of hydrogen-bond acceptors (Lipinski definition) is 5. The molecule has 0 radical (unpaired) electrons. The molecule has 2 aromatic carbocycles. The van der Waals surface area contributed by atoms with Gasteiger partial charge in [-0.1, -0.05) is 12.1 Å². The van der Waals surface area contributed by atoms with Gasteiger partial charge in [-0.3, -0.25) is 4.79 Å². The van der Waals surface area contributed by atoms with Crippen LogP contribution >= 0.6 is 0 Å². The lowest BCUT2D eigenvalue weighted by molar-refractivity contribution is 0.0600. The summed E-state index contributed by atoms with van der Waals surface area (Å²) < 4.78 is 10.5. The Kier molecular flexibility index (Phi) is 4.12. The minimum atomic E-state index is -0.440. The fourth-order valence-electron chi connectivity index (χ4n) is 2.68. The minimum absolute atomic E-state index is 0.215. The van der Waals surface area contributed by atoms with Gasteiger partial charge < -0.3 is 9.15 Å². The summed E-state index contributed by atoms with van der Waals surface area (Å²) in [4.78, 5) is 24.0. The number of benzene rings is 2. The molecule has 1 aromatic heterocycles. The van der Waals surface area contributed by atoms with Gasteiger partial charge in [0.2, 0.25) is 0 Å². The number of hydrogen-bond donors (Lipinski definition) is 0. The second-order valence-corrected chi connectivity index (χ2v) is 5.73. The molecule has 0 N–H and O–H groups in total. The van der Waals surface area contributed by atoms with Gasteiger partial charge in [0.25, 0.3) is 0 Å². The van der Waals surface area contributed by atoms with E-state index in [1.807, 2.05) is 13.8 Å². The first-order valence-corrected chi connectivity index (χ1v) is 7.63. The van der Waals surface area contributed by atoms with Crippen LogP contribution in [0.3, 0.4) is 0 Å². The highest BCUT2D eigenvalue weighted by molar-refractivity contribution is 5.90. The largest absolute Gasteiger partial charge is 0.465 e. The van der Waals surface area contributed by atoms with Crippen LogP contribution in [0.5, 0.6) is 0 Å². The Balaban J connectivity index is 2.22. The Hall–Kier alpha value is -3.39. The zero-order chi connectivity index (χ0) is 18.1. The van der Waals surface area contributed by atoms with E-state index in [1.165, 1.54) is 13.2 Å². The summed E-state index contributed by atoms with van der Waals surface area (Å²) in [6.45, 7) is 3.68. The highest BCUT2D eigenvalue weighted by atomic mass is 16.5. The van der Waals surface area contributed by atoms with Crippen molar-refractivity contribution in [3.05, 3.63) is 68.9 Å². The van der Waals surface area contributed by atoms with Crippen LogP contribution in [0, 0.1) is 25.2 Å². The van der Waals surface area contributed by atoms with Gasteiger partial charge >= 0.3 is 5.97 Å². The maximum atomic E-state index is 12.5. The van der Waals surface area contributed by atoms with Crippen LogP contribution in [-0.4, -0.2) is 13.1 Å². The zero-order valence-corrected chi connectivity index (χ0v) is 14.0. The first kappa shape index (κ1) is 16.5. The number of carbonyl (C=O) groups is 1. The third kappa shape index (κ3) is 2.79. The van der Waals surface area contributed by atoms with E-state index in [-0.39, 0.29) is 11.0 Å². The van der Waals surface area contributed by atoms with E-state index in [2.05, 4.69) is 10.8 Å². The first-order chi connectivity index (χ1) is 12.0. The maximum absolute atomic E-state index is 12.5. The van der Waals surface area contributed by atoms with E-state index in [1.54, 1.807) is 30.3 Å². The molecular weight excluding hydrogens is 318 g/mol. The number of nitriles is 1. The van der Waals surface area contributed by atoms with Crippen molar-refractivity contribution in [2.24, 2.45) is 0 Å². The van der Waals surface area contributed by atoms with Gasteiger partial charge in [0.15, 0.2) is 11.0 Å². The normalized spacial score (nSPS) is 10.5. The zero-order valence-electron chi connectivity index (χ0n) is 14.0. The molecule has 0 bridgehead atoms. The van der Waals surface area contributed by atoms with Crippen LogP contribution in [0.25, 0.3) is 22.3 Å². The molecule has 1 heterocycles. The van der Waals surface area contributed by atoms with Gasteiger partial charge in [0.1, 0.15) is 11.8 Å². The van der Waals surface area contributed by atoms with Crippen LogP contribution in [0.4, 0.5) is 0 Å². The molecule has 0 fully saturated rings. The summed E-state index contributed by atoms with van der Waals surface area (Å²) in [7, 11) is 1.31. The van der Waals surface area contributed by atoms with Crippen molar-refractivity contribution in [1.29, 1.82) is 5.26 Å². The molecule has 25 heavy (non-hydrogen) atoms. The number of esters is 1. The van der Waals surface area contributed by atoms with Gasteiger partial charge in [-0.05, 0) is 43.2 Å². The van der Waals surface area contributed by atoms with Crippen molar-refractivity contribution in [2.45, 2.75) is 13.8 Å². The van der Waals surface area contributed by atoms with E-state index in [0.29, 0.717) is 27.8 Å². The number of rotatable bonds is 2. The third-order valence-electron chi connectivity index (χ3n) is 4.24.